The SMILES string of the molecule is CSCCCN1CC[C@@H](NC(=O)c2cnccn2)[C@H](O)C1. The molecule has 2 N–H and O–H groups in total. The maximum absolute atomic E-state index is 12.0. The fourth-order valence-electron chi connectivity index (χ4n) is 2.46. The molecular formula is C14H22N4O2S. The van der Waals surface area contributed by atoms with Gasteiger partial charge in [-0.2, -0.15) is 11.8 Å². The summed E-state index contributed by atoms with van der Waals surface area (Å²) < 4.78 is 0. The predicted molar refractivity (Wildman–Crippen MR) is 83.3 cm³/mol. The van der Waals surface area contributed by atoms with Gasteiger partial charge in [-0.1, -0.05) is 0 Å². The van der Waals surface area contributed by atoms with E-state index in [2.05, 4.69) is 26.4 Å². The lowest BCUT2D eigenvalue weighted by molar-refractivity contribution is 0.0380. The number of carbonyl (C=O) groups is 1. The molecule has 2 heterocycles. The van der Waals surface area contributed by atoms with Crippen LogP contribution in [0.25, 0.3) is 0 Å². The molecule has 0 unspecified atom stereocenters. The molecule has 1 fully saturated rings. The average Bonchev–Trinajstić information content (AvgIpc) is 2.51. The van der Waals surface area contributed by atoms with Gasteiger partial charge in [-0.3, -0.25) is 9.78 Å². The summed E-state index contributed by atoms with van der Waals surface area (Å²) in [6.45, 7) is 2.51. The monoisotopic (exact) mass is 310 g/mol. The van der Waals surface area contributed by atoms with E-state index in [0.717, 1.165) is 31.7 Å². The first-order valence-corrected chi connectivity index (χ1v) is 8.56. The maximum atomic E-state index is 12.0. The first-order chi connectivity index (χ1) is 10.2. The second kappa shape index (κ2) is 8.31. The van der Waals surface area contributed by atoms with E-state index in [-0.39, 0.29) is 17.6 Å². The largest absolute Gasteiger partial charge is 0.390 e. The number of nitrogens with zero attached hydrogens (tertiary/aromatic N) is 3. The lowest BCUT2D eigenvalue weighted by Gasteiger charge is -2.36. The van der Waals surface area contributed by atoms with Crippen LogP contribution in [0.15, 0.2) is 18.6 Å². The van der Waals surface area contributed by atoms with Gasteiger partial charge in [0.25, 0.3) is 5.91 Å². The van der Waals surface area contributed by atoms with Gasteiger partial charge in [0.05, 0.1) is 18.3 Å². The third-order valence-corrected chi connectivity index (χ3v) is 4.30. The van der Waals surface area contributed by atoms with Gasteiger partial charge >= 0.3 is 0 Å². The molecule has 0 aliphatic carbocycles. The zero-order valence-corrected chi connectivity index (χ0v) is 13.1. The molecule has 1 aliphatic heterocycles. The van der Waals surface area contributed by atoms with Gasteiger partial charge in [0.1, 0.15) is 5.69 Å². The molecule has 1 aliphatic rings. The van der Waals surface area contributed by atoms with Gasteiger partial charge < -0.3 is 15.3 Å². The van der Waals surface area contributed by atoms with E-state index in [1.54, 1.807) is 0 Å². The minimum Gasteiger partial charge on any atom is -0.390 e. The summed E-state index contributed by atoms with van der Waals surface area (Å²) in [5, 5.41) is 13.0. The highest BCUT2D eigenvalue weighted by Crippen LogP contribution is 2.12. The summed E-state index contributed by atoms with van der Waals surface area (Å²) in [7, 11) is 0. The summed E-state index contributed by atoms with van der Waals surface area (Å²) in [6.07, 6.45) is 7.89. The Labute approximate surface area is 129 Å². The fraction of sp³-hybridized carbons (Fsp3) is 0.643. The van der Waals surface area contributed by atoms with Gasteiger partial charge in [-0.05, 0) is 31.4 Å². The number of carbonyl (C=O) groups excluding carboxylic acids is 1. The molecular weight excluding hydrogens is 288 g/mol. The number of aliphatic hydroxyl groups excluding tert-OH is 1. The van der Waals surface area contributed by atoms with Crippen molar-refractivity contribution in [3.05, 3.63) is 24.3 Å². The summed E-state index contributed by atoms with van der Waals surface area (Å²) in [5.41, 5.74) is 0.284. The molecule has 0 saturated carbocycles. The Morgan fingerprint density at radius 1 is 1.57 bits per heavy atom. The second-order valence-corrected chi connectivity index (χ2v) is 6.16. The van der Waals surface area contributed by atoms with Crippen molar-refractivity contribution < 1.29 is 9.90 Å². The van der Waals surface area contributed by atoms with Gasteiger partial charge in [0.15, 0.2) is 0 Å². The Kier molecular flexibility index (Phi) is 6.41. The molecule has 2 rings (SSSR count). The number of hydrogen-bond donors (Lipinski definition) is 2. The van der Waals surface area contributed by atoms with Crippen molar-refractivity contribution in [2.24, 2.45) is 0 Å². The van der Waals surface area contributed by atoms with Crippen molar-refractivity contribution in [3.8, 4) is 0 Å². The number of amides is 1. The van der Waals surface area contributed by atoms with Crippen LogP contribution in [0.3, 0.4) is 0 Å². The van der Waals surface area contributed by atoms with Crippen LogP contribution >= 0.6 is 11.8 Å². The number of β-amino-alcohol motifs (C(OH)–C–C–N with tert-alkyl or cyclic N) is 1. The molecule has 7 heteroatoms. The summed E-state index contributed by atoms with van der Waals surface area (Å²) in [6, 6.07) is -0.212. The highest BCUT2D eigenvalue weighted by molar-refractivity contribution is 7.98. The van der Waals surface area contributed by atoms with E-state index in [9.17, 15) is 9.90 Å². The highest BCUT2D eigenvalue weighted by atomic mass is 32.2. The number of likely N-dealkylation sites (tertiary alicyclic amines) is 1. The number of aliphatic hydroxyl groups is 1. The summed E-state index contributed by atoms with van der Waals surface area (Å²) in [5.74, 6) is 0.863. The number of hydrogen-bond acceptors (Lipinski definition) is 6. The predicted octanol–water partition coefficient (Wildman–Crippen LogP) is 0.395. The van der Waals surface area contributed by atoms with Gasteiger partial charge in [-0.25, -0.2) is 4.98 Å². The van der Waals surface area contributed by atoms with E-state index in [4.69, 9.17) is 0 Å². The highest BCUT2D eigenvalue weighted by Gasteiger charge is 2.28. The molecule has 1 aromatic rings. The summed E-state index contributed by atoms with van der Waals surface area (Å²) in [4.78, 5) is 22.1. The first kappa shape index (κ1) is 16.2. The van der Waals surface area contributed by atoms with Crippen LogP contribution in [0.1, 0.15) is 23.3 Å². The molecule has 21 heavy (non-hydrogen) atoms. The molecule has 0 radical (unpaired) electrons. The zero-order valence-electron chi connectivity index (χ0n) is 12.2. The van der Waals surface area contributed by atoms with Crippen LogP contribution in [0, 0.1) is 0 Å². The van der Waals surface area contributed by atoms with Crippen molar-refractivity contribution in [2.75, 3.05) is 31.6 Å². The van der Waals surface area contributed by atoms with Gasteiger partial charge in [0.2, 0.25) is 0 Å². The lowest BCUT2D eigenvalue weighted by atomic mass is 10.0. The van der Waals surface area contributed by atoms with Gasteiger partial charge in [-0.15, -0.1) is 0 Å². The average molecular weight is 310 g/mol. The van der Waals surface area contributed by atoms with Crippen molar-refractivity contribution in [1.29, 1.82) is 0 Å². The number of rotatable bonds is 6. The number of piperidine rings is 1. The number of nitrogens with one attached hydrogen (secondary N) is 1. The van der Waals surface area contributed by atoms with E-state index in [0.29, 0.717) is 6.54 Å². The quantitative estimate of drug-likeness (QED) is 0.740. The fourth-order valence-corrected chi connectivity index (χ4v) is 2.88. The van der Waals surface area contributed by atoms with E-state index in [1.807, 2.05) is 11.8 Å². The Bertz CT molecular complexity index is 446. The smallest absolute Gasteiger partial charge is 0.271 e. The topological polar surface area (TPSA) is 78.4 Å². The molecule has 1 amide bonds. The molecule has 6 nitrogen and oxygen atoms in total. The normalized spacial score (nSPS) is 23.0. The Hall–Kier alpha value is -1.18. The second-order valence-electron chi connectivity index (χ2n) is 5.17. The molecule has 0 spiro atoms. The first-order valence-electron chi connectivity index (χ1n) is 7.17. The van der Waals surface area contributed by atoms with Crippen molar-refractivity contribution >= 4 is 17.7 Å². The van der Waals surface area contributed by atoms with Crippen LogP contribution in [-0.2, 0) is 0 Å². The molecule has 1 aromatic heterocycles. The Morgan fingerprint density at radius 3 is 3.10 bits per heavy atom. The molecule has 0 bridgehead atoms. The lowest BCUT2D eigenvalue weighted by Crippen LogP contribution is -2.54. The minimum absolute atomic E-state index is 0.212. The van der Waals surface area contributed by atoms with Crippen LogP contribution in [0.2, 0.25) is 0 Å². The Morgan fingerprint density at radius 2 is 2.43 bits per heavy atom. The zero-order chi connectivity index (χ0) is 15.1. The third-order valence-electron chi connectivity index (χ3n) is 3.60. The van der Waals surface area contributed by atoms with Crippen LogP contribution < -0.4 is 5.32 Å². The van der Waals surface area contributed by atoms with Gasteiger partial charge in [0, 0.05) is 25.5 Å². The standard InChI is InChI=1S/C14H22N4O2S/c1-21-8-2-6-18-7-3-11(13(19)10-18)17-14(20)12-9-15-4-5-16-12/h4-5,9,11,13,19H,2-3,6-8,10H2,1H3,(H,17,20)/t11-,13-/m1/s1. The summed E-state index contributed by atoms with van der Waals surface area (Å²) >= 11 is 1.84. The number of thioether (sulfide) groups is 1. The van der Waals surface area contributed by atoms with E-state index >= 15 is 0 Å². The van der Waals surface area contributed by atoms with Crippen LogP contribution in [-0.4, -0.2) is 69.7 Å². The molecule has 0 aromatic carbocycles. The third kappa shape index (κ3) is 4.94. The van der Waals surface area contributed by atoms with Crippen molar-refractivity contribution in [2.45, 2.75) is 25.0 Å². The molecule has 116 valence electrons. The van der Waals surface area contributed by atoms with Crippen molar-refractivity contribution in [3.63, 3.8) is 0 Å². The Balaban J connectivity index is 1.79. The minimum atomic E-state index is -0.534. The van der Waals surface area contributed by atoms with Crippen LogP contribution in [0.5, 0.6) is 0 Å². The van der Waals surface area contributed by atoms with E-state index < -0.39 is 6.10 Å². The van der Waals surface area contributed by atoms with Crippen molar-refractivity contribution in [1.82, 2.24) is 20.2 Å². The maximum Gasteiger partial charge on any atom is 0.271 e. The molecule has 1 saturated heterocycles. The van der Waals surface area contributed by atoms with E-state index in [1.165, 1.54) is 18.6 Å². The van der Waals surface area contributed by atoms with Crippen LogP contribution in [0.4, 0.5) is 0 Å². The number of aromatic nitrogens is 2. The molecule has 2 atom stereocenters.